The van der Waals surface area contributed by atoms with Crippen LogP contribution in [0.2, 0.25) is 5.02 Å². The molecule has 2 aliphatic heterocycles. The SMILES string of the molecule is COc1cc(-c2nccc(-c3cccc4c3CC[C@@H]4Oc3nc(OC)c(CNC[C@@H]4CCC(=O)N4)cc3C(F)(F)F)c2Cl)ccc1CNC[C@H]1CCC(=O)N1. The minimum Gasteiger partial charge on any atom is -0.496 e. The lowest BCUT2D eigenvalue weighted by Crippen LogP contribution is -2.35. The molecular formula is C40H42ClF3N6O5. The van der Waals surface area contributed by atoms with Crippen molar-refractivity contribution in [2.24, 2.45) is 0 Å². The maximum atomic E-state index is 14.5. The van der Waals surface area contributed by atoms with Crippen molar-refractivity contribution >= 4 is 23.4 Å². The van der Waals surface area contributed by atoms with Crippen molar-refractivity contribution in [2.45, 2.75) is 76.0 Å². The Bertz CT molecular complexity index is 2080. The van der Waals surface area contributed by atoms with E-state index in [0.29, 0.717) is 68.2 Å². The van der Waals surface area contributed by atoms with E-state index in [0.717, 1.165) is 45.9 Å². The van der Waals surface area contributed by atoms with E-state index in [1.807, 2.05) is 42.5 Å². The van der Waals surface area contributed by atoms with Gasteiger partial charge in [-0.1, -0.05) is 41.9 Å². The Morgan fingerprint density at radius 2 is 1.55 bits per heavy atom. The molecule has 0 bridgehead atoms. The second-order valence-electron chi connectivity index (χ2n) is 13.9. The summed E-state index contributed by atoms with van der Waals surface area (Å²) in [5.74, 6) is 0.167. The predicted molar refractivity (Wildman–Crippen MR) is 200 cm³/mol. The van der Waals surface area contributed by atoms with Crippen molar-refractivity contribution < 1.29 is 37.0 Å². The average molecular weight is 779 g/mol. The molecule has 290 valence electrons. The summed E-state index contributed by atoms with van der Waals surface area (Å²) in [4.78, 5) is 31.9. The van der Waals surface area contributed by atoms with Crippen molar-refractivity contribution in [1.82, 2.24) is 31.2 Å². The molecule has 0 saturated carbocycles. The highest BCUT2D eigenvalue weighted by atomic mass is 35.5. The Balaban J connectivity index is 1.10. The van der Waals surface area contributed by atoms with Gasteiger partial charge in [0, 0.05) is 79.6 Å². The first-order valence-electron chi connectivity index (χ1n) is 18.3. The highest BCUT2D eigenvalue weighted by Gasteiger charge is 2.39. The number of rotatable bonds is 14. The van der Waals surface area contributed by atoms with Crippen molar-refractivity contribution in [3.63, 3.8) is 0 Å². The van der Waals surface area contributed by atoms with E-state index in [2.05, 4.69) is 31.2 Å². The number of carbonyl (C=O) groups is 2. The summed E-state index contributed by atoms with van der Waals surface area (Å²) < 4.78 is 60.7. The van der Waals surface area contributed by atoms with Gasteiger partial charge in [0.2, 0.25) is 23.6 Å². The number of benzene rings is 2. The third-order valence-corrected chi connectivity index (χ3v) is 10.7. The van der Waals surface area contributed by atoms with Crippen LogP contribution in [0.4, 0.5) is 13.2 Å². The van der Waals surface area contributed by atoms with Gasteiger partial charge in [-0.15, -0.1) is 0 Å². The van der Waals surface area contributed by atoms with Crippen LogP contribution in [0.1, 0.15) is 66.0 Å². The fraction of sp³-hybridized carbons (Fsp3) is 0.400. The number of ether oxygens (including phenoxy) is 3. The van der Waals surface area contributed by atoms with E-state index in [-0.39, 0.29) is 41.9 Å². The standard InChI is InChI=1S/C40H42ClF3N6O5/c1-53-33-17-22(6-7-23(33)18-45-20-25-8-12-34(51)48-25)37-36(41)30(14-15-47-37)27-4-3-5-29-28(27)10-11-32(29)55-39-31(40(42,43)44)16-24(38(50-39)54-2)19-46-21-26-9-13-35(52)49-26/h3-7,14-17,25-26,32,45-46H,8-13,18-21H2,1-2H3,(H,48,51)(H,49,52)/t25-,26+,32+/m1/s1. The first-order chi connectivity index (χ1) is 26.5. The Kier molecular flexibility index (Phi) is 11.5. The van der Waals surface area contributed by atoms with Crippen LogP contribution in [-0.4, -0.2) is 61.2 Å². The summed E-state index contributed by atoms with van der Waals surface area (Å²) in [6.07, 6.45) is -0.330. The quantitative estimate of drug-likeness (QED) is 0.116. The maximum Gasteiger partial charge on any atom is 0.421 e. The third kappa shape index (κ3) is 8.51. The summed E-state index contributed by atoms with van der Waals surface area (Å²) in [5.41, 5.74) is 4.73. The Hall–Kier alpha value is -4.92. The van der Waals surface area contributed by atoms with Crippen molar-refractivity contribution in [1.29, 1.82) is 0 Å². The number of nitrogens with zero attached hydrogens (tertiary/aromatic N) is 2. The Morgan fingerprint density at radius 3 is 2.18 bits per heavy atom. The topological polar surface area (TPSA) is 136 Å². The molecule has 7 rings (SSSR count). The lowest BCUT2D eigenvalue weighted by atomic mass is 9.95. The lowest BCUT2D eigenvalue weighted by molar-refractivity contribution is -0.139. The first kappa shape index (κ1) is 38.4. The minimum atomic E-state index is -4.74. The number of hydrogen-bond donors (Lipinski definition) is 4. The summed E-state index contributed by atoms with van der Waals surface area (Å²) in [6, 6.07) is 14.3. The molecule has 0 radical (unpaired) electrons. The highest BCUT2D eigenvalue weighted by molar-refractivity contribution is 6.35. The smallest absolute Gasteiger partial charge is 0.421 e. The molecule has 2 fully saturated rings. The molecule has 11 nitrogen and oxygen atoms in total. The molecule has 3 atom stereocenters. The van der Waals surface area contributed by atoms with Crippen LogP contribution in [0.3, 0.4) is 0 Å². The van der Waals surface area contributed by atoms with E-state index >= 15 is 0 Å². The number of halogens is 4. The van der Waals surface area contributed by atoms with Crippen molar-refractivity contribution in [3.8, 4) is 39.9 Å². The molecule has 0 unspecified atom stereocenters. The fourth-order valence-corrected chi connectivity index (χ4v) is 7.88. The molecule has 0 spiro atoms. The zero-order valence-electron chi connectivity index (χ0n) is 30.4. The van der Waals surface area contributed by atoms with Gasteiger partial charge in [-0.25, -0.2) is 0 Å². The lowest BCUT2D eigenvalue weighted by Gasteiger charge is -2.21. The van der Waals surface area contributed by atoms with Crippen LogP contribution in [0.25, 0.3) is 22.4 Å². The van der Waals surface area contributed by atoms with E-state index < -0.39 is 23.7 Å². The van der Waals surface area contributed by atoms with Gasteiger partial charge in [0.1, 0.15) is 17.4 Å². The van der Waals surface area contributed by atoms with Gasteiger partial charge in [0.05, 0.1) is 24.9 Å². The summed E-state index contributed by atoms with van der Waals surface area (Å²) in [5, 5.41) is 12.7. The van der Waals surface area contributed by atoms with Gasteiger partial charge in [0.15, 0.2) is 0 Å². The number of hydrogen-bond acceptors (Lipinski definition) is 9. The second kappa shape index (κ2) is 16.4. The zero-order chi connectivity index (χ0) is 38.7. The highest BCUT2D eigenvalue weighted by Crippen LogP contribution is 2.46. The first-order valence-corrected chi connectivity index (χ1v) is 18.7. The molecule has 55 heavy (non-hydrogen) atoms. The number of alkyl halides is 3. The van der Waals surface area contributed by atoms with Crippen LogP contribution < -0.4 is 35.5 Å². The molecular weight excluding hydrogens is 737 g/mol. The van der Waals surface area contributed by atoms with Gasteiger partial charge in [-0.05, 0) is 60.6 Å². The molecule has 3 aliphatic rings. The molecule has 15 heteroatoms. The van der Waals surface area contributed by atoms with Gasteiger partial charge in [-0.3, -0.25) is 14.6 Å². The average Bonchev–Trinajstić information content (AvgIpc) is 3.91. The van der Waals surface area contributed by atoms with Crippen LogP contribution in [-0.2, 0) is 35.3 Å². The van der Waals surface area contributed by atoms with Gasteiger partial charge >= 0.3 is 6.18 Å². The third-order valence-electron chi connectivity index (χ3n) is 10.3. The number of amides is 2. The summed E-state index contributed by atoms with van der Waals surface area (Å²) in [7, 11) is 2.96. The molecule has 4 heterocycles. The fourth-order valence-electron chi connectivity index (χ4n) is 7.56. The number of methoxy groups -OCH3 is 2. The van der Waals surface area contributed by atoms with Crippen LogP contribution in [0.5, 0.6) is 17.5 Å². The Labute approximate surface area is 321 Å². The second-order valence-corrected chi connectivity index (χ2v) is 14.3. The minimum absolute atomic E-state index is 0.0222. The number of fused-ring (bicyclic) bond motifs is 1. The van der Waals surface area contributed by atoms with Gasteiger partial charge < -0.3 is 35.5 Å². The molecule has 4 aromatic rings. The molecule has 2 saturated heterocycles. The monoisotopic (exact) mass is 778 g/mol. The summed E-state index contributed by atoms with van der Waals surface area (Å²) >= 11 is 7.09. The molecule has 2 aromatic heterocycles. The number of carbonyl (C=O) groups excluding carboxylic acids is 2. The van der Waals surface area contributed by atoms with Crippen molar-refractivity contribution in [2.75, 3.05) is 27.3 Å². The number of pyridine rings is 2. The van der Waals surface area contributed by atoms with Gasteiger partial charge in [-0.2, -0.15) is 18.2 Å². The van der Waals surface area contributed by atoms with E-state index in [1.165, 1.54) is 7.11 Å². The van der Waals surface area contributed by atoms with E-state index in [9.17, 15) is 22.8 Å². The molecule has 4 N–H and O–H groups in total. The normalized spacial score (nSPS) is 19.3. The summed E-state index contributed by atoms with van der Waals surface area (Å²) in [6.45, 7) is 1.67. The molecule has 2 aromatic carbocycles. The molecule has 1 aliphatic carbocycles. The number of nitrogens with one attached hydrogen (secondary N) is 4. The van der Waals surface area contributed by atoms with Gasteiger partial charge in [0.25, 0.3) is 0 Å². The van der Waals surface area contributed by atoms with Crippen molar-refractivity contribution in [3.05, 3.63) is 87.6 Å². The van der Waals surface area contributed by atoms with Crippen LogP contribution in [0.15, 0.2) is 54.7 Å². The Morgan fingerprint density at radius 1 is 0.836 bits per heavy atom. The van der Waals surface area contributed by atoms with Crippen LogP contribution >= 0.6 is 11.6 Å². The maximum absolute atomic E-state index is 14.5. The van der Waals surface area contributed by atoms with E-state index in [4.69, 9.17) is 25.8 Å². The number of aromatic nitrogens is 2. The largest absolute Gasteiger partial charge is 0.496 e. The predicted octanol–water partition coefficient (Wildman–Crippen LogP) is 6.30. The molecule has 2 amide bonds. The van der Waals surface area contributed by atoms with E-state index in [1.54, 1.807) is 13.3 Å². The zero-order valence-corrected chi connectivity index (χ0v) is 31.2. The van der Waals surface area contributed by atoms with Crippen LogP contribution in [0, 0.1) is 0 Å².